The Kier molecular flexibility index (Phi) is 3.99. The molecule has 0 saturated carbocycles. The summed E-state index contributed by atoms with van der Waals surface area (Å²) in [6, 6.07) is 0.184. The molecule has 0 atom stereocenters. The third-order valence-corrected chi connectivity index (χ3v) is 2.28. The lowest BCUT2D eigenvalue weighted by molar-refractivity contribution is -0.167. The largest absolute Gasteiger partial charge is 0.478 e. The molecule has 0 aliphatic rings. The fraction of sp³-hybridized carbons (Fsp3) is 0.111. The summed E-state index contributed by atoms with van der Waals surface area (Å²) < 4.78 is 62.1. The second-order valence-corrected chi connectivity index (χ2v) is 3.54. The van der Waals surface area contributed by atoms with E-state index in [-0.39, 0.29) is 6.07 Å². The molecule has 10 heteroatoms. The summed E-state index contributed by atoms with van der Waals surface area (Å²) >= 11 is 5.31. The molecule has 0 saturated heterocycles. The molecule has 0 aliphatic carbocycles. The van der Waals surface area contributed by atoms with Crippen molar-refractivity contribution in [3.05, 3.63) is 28.3 Å². The number of aromatic carboxylic acids is 1. The van der Waals surface area contributed by atoms with Gasteiger partial charge in [-0.05, 0) is 6.07 Å². The number of carboxylic acids is 1. The van der Waals surface area contributed by atoms with Crippen molar-refractivity contribution >= 4 is 29.2 Å². The molecule has 0 bridgehead atoms. The van der Waals surface area contributed by atoms with E-state index in [1.807, 2.05) is 0 Å². The molecule has 1 aromatic carbocycles. The maximum absolute atomic E-state index is 13.2. The van der Waals surface area contributed by atoms with Crippen LogP contribution in [-0.4, -0.2) is 23.2 Å². The molecule has 2 N–H and O–H groups in total. The summed E-state index contributed by atoms with van der Waals surface area (Å²) in [5, 5.41) is 8.52. The molecule has 0 aromatic heterocycles. The molecule has 19 heavy (non-hydrogen) atoms. The van der Waals surface area contributed by atoms with E-state index in [0.29, 0.717) is 0 Å². The van der Waals surface area contributed by atoms with Gasteiger partial charge in [0, 0.05) is 0 Å². The van der Waals surface area contributed by atoms with Gasteiger partial charge in [-0.25, -0.2) is 13.6 Å². The first-order valence-corrected chi connectivity index (χ1v) is 4.72. The first-order chi connectivity index (χ1) is 8.55. The van der Waals surface area contributed by atoms with Gasteiger partial charge in [0.15, 0.2) is 11.6 Å². The van der Waals surface area contributed by atoms with Crippen molar-refractivity contribution in [1.82, 2.24) is 0 Å². The number of halogens is 6. The Labute approximate surface area is 106 Å². The number of anilines is 1. The van der Waals surface area contributed by atoms with Crippen LogP contribution in [-0.2, 0) is 4.79 Å². The topological polar surface area (TPSA) is 66.4 Å². The van der Waals surface area contributed by atoms with E-state index in [1.165, 1.54) is 0 Å². The monoisotopic (exact) mass is 303 g/mol. The number of hydrogen-bond acceptors (Lipinski definition) is 2. The van der Waals surface area contributed by atoms with Gasteiger partial charge in [-0.2, -0.15) is 13.2 Å². The van der Waals surface area contributed by atoms with Crippen LogP contribution in [0.25, 0.3) is 0 Å². The van der Waals surface area contributed by atoms with E-state index >= 15 is 0 Å². The van der Waals surface area contributed by atoms with Crippen molar-refractivity contribution in [1.29, 1.82) is 0 Å². The van der Waals surface area contributed by atoms with E-state index in [9.17, 15) is 31.5 Å². The highest BCUT2D eigenvalue weighted by Gasteiger charge is 2.40. The van der Waals surface area contributed by atoms with Gasteiger partial charge in [-0.1, -0.05) is 11.6 Å². The third kappa shape index (κ3) is 3.11. The van der Waals surface area contributed by atoms with Crippen LogP contribution in [0.4, 0.5) is 27.6 Å². The Balaban J connectivity index is 3.35. The summed E-state index contributed by atoms with van der Waals surface area (Å²) in [5.41, 5.74) is -2.38. The van der Waals surface area contributed by atoms with Crippen LogP contribution in [0.1, 0.15) is 10.4 Å². The lowest BCUT2D eigenvalue weighted by Crippen LogP contribution is -2.30. The van der Waals surface area contributed by atoms with Crippen LogP contribution in [0.15, 0.2) is 6.07 Å². The van der Waals surface area contributed by atoms with E-state index in [4.69, 9.17) is 16.7 Å². The molecule has 0 radical (unpaired) electrons. The van der Waals surface area contributed by atoms with Crippen molar-refractivity contribution in [3.63, 3.8) is 0 Å². The van der Waals surface area contributed by atoms with Crippen LogP contribution in [0, 0.1) is 11.6 Å². The quantitative estimate of drug-likeness (QED) is 0.652. The highest BCUT2D eigenvalue weighted by Crippen LogP contribution is 2.32. The van der Waals surface area contributed by atoms with Gasteiger partial charge < -0.3 is 10.4 Å². The molecule has 4 nitrogen and oxygen atoms in total. The molecule has 1 rings (SSSR count). The smallest absolute Gasteiger partial charge is 0.471 e. The average molecular weight is 304 g/mol. The molecular formula is C9H3ClF5NO3. The zero-order valence-electron chi connectivity index (χ0n) is 8.61. The molecule has 0 unspecified atom stereocenters. The number of alkyl halides is 3. The third-order valence-electron chi connectivity index (χ3n) is 1.88. The van der Waals surface area contributed by atoms with E-state index < -0.39 is 46.0 Å². The number of carboxylic acid groups (broad SMARTS) is 1. The number of carbonyl (C=O) groups is 2. The molecular weight excluding hydrogens is 301 g/mol. The van der Waals surface area contributed by atoms with E-state index in [0.717, 1.165) is 5.32 Å². The van der Waals surface area contributed by atoms with Crippen molar-refractivity contribution in [2.45, 2.75) is 6.18 Å². The van der Waals surface area contributed by atoms with Crippen LogP contribution in [0.2, 0.25) is 5.02 Å². The predicted molar refractivity (Wildman–Crippen MR) is 53.0 cm³/mol. The predicted octanol–water partition coefficient (Wildman–Crippen LogP) is 2.82. The first kappa shape index (κ1) is 15.2. The summed E-state index contributed by atoms with van der Waals surface area (Å²) in [4.78, 5) is 21.2. The molecule has 1 amide bonds. The van der Waals surface area contributed by atoms with Gasteiger partial charge in [0.25, 0.3) is 0 Å². The lowest BCUT2D eigenvalue weighted by atomic mass is 10.1. The Bertz CT molecular complexity index is 558. The number of amides is 1. The van der Waals surface area contributed by atoms with Gasteiger partial charge in [0.1, 0.15) is 5.69 Å². The first-order valence-electron chi connectivity index (χ1n) is 4.34. The second-order valence-electron chi connectivity index (χ2n) is 3.17. The van der Waals surface area contributed by atoms with Gasteiger partial charge in [0.2, 0.25) is 0 Å². The minimum atomic E-state index is -5.37. The lowest BCUT2D eigenvalue weighted by Gasteiger charge is -2.12. The number of nitrogens with one attached hydrogen (secondary N) is 1. The van der Waals surface area contributed by atoms with Crippen LogP contribution >= 0.6 is 11.6 Å². The highest BCUT2D eigenvalue weighted by molar-refractivity contribution is 6.36. The molecule has 0 spiro atoms. The number of carbonyl (C=O) groups excluding carboxylic acids is 1. The Morgan fingerprint density at radius 1 is 1.26 bits per heavy atom. The summed E-state index contributed by atoms with van der Waals surface area (Å²) in [7, 11) is 0. The van der Waals surface area contributed by atoms with E-state index in [1.54, 1.807) is 0 Å². The Morgan fingerprint density at radius 3 is 2.21 bits per heavy atom. The highest BCUT2D eigenvalue weighted by atomic mass is 35.5. The Morgan fingerprint density at radius 2 is 1.79 bits per heavy atom. The zero-order valence-corrected chi connectivity index (χ0v) is 9.36. The summed E-state index contributed by atoms with van der Waals surface area (Å²) in [6.07, 6.45) is -5.37. The van der Waals surface area contributed by atoms with E-state index in [2.05, 4.69) is 0 Å². The maximum Gasteiger partial charge on any atom is 0.471 e. The van der Waals surface area contributed by atoms with Gasteiger partial charge in [-0.3, -0.25) is 4.79 Å². The molecule has 104 valence electrons. The number of rotatable bonds is 2. The number of hydrogen-bond donors (Lipinski definition) is 2. The summed E-state index contributed by atoms with van der Waals surface area (Å²) in [6.45, 7) is 0. The minimum Gasteiger partial charge on any atom is -0.478 e. The van der Waals surface area contributed by atoms with Crippen LogP contribution in [0.3, 0.4) is 0 Å². The number of benzene rings is 1. The van der Waals surface area contributed by atoms with Crippen molar-refractivity contribution in [2.24, 2.45) is 0 Å². The molecule has 0 heterocycles. The SMILES string of the molecule is O=C(O)c1cc(F)c(F)c(NC(=O)C(F)(F)F)c1Cl. The summed E-state index contributed by atoms with van der Waals surface area (Å²) in [5.74, 6) is -8.08. The van der Waals surface area contributed by atoms with Gasteiger partial charge in [-0.15, -0.1) is 0 Å². The molecule has 1 aromatic rings. The van der Waals surface area contributed by atoms with Crippen molar-refractivity contribution < 1.29 is 36.6 Å². The zero-order chi connectivity index (χ0) is 15.0. The second kappa shape index (κ2) is 5.00. The minimum absolute atomic E-state index is 0.184. The average Bonchev–Trinajstić information content (AvgIpc) is 2.27. The molecule has 0 aliphatic heterocycles. The normalized spacial score (nSPS) is 11.3. The molecule has 0 fully saturated rings. The van der Waals surface area contributed by atoms with Crippen molar-refractivity contribution in [3.8, 4) is 0 Å². The van der Waals surface area contributed by atoms with Gasteiger partial charge >= 0.3 is 18.1 Å². The fourth-order valence-corrected chi connectivity index (χ4v) is 1.32. The van der Waals surface area contributed by atoms with Crippen LogP contribution < -0.4 is 5.32 Å². The van der Waals surface area contributed by atoms with Gasteiger partial charge in [0.05, 0.1) is 10.6 Å². The van der Waals surface area contributed by atoms with Crippen molar-refractivity contribution in [2.75, 3.05) is 5.32 Å². The fourth-order valence-electron chi connectivity index (χ4n) is 1.05. The Hall–Kier alpha value is -1.90. The van der Waals surface area contributed by atoms with Crippen LogP contribution in [0.5, 0.6) is 0 Å². The maximum atomic E-state index is 13.2. The standard InChI is InChI=1S/C9H3ClF5NO3/c10-4-2(7(17)18)1-3(11)5(12)6(4)16-8(19)9(13,14)15/h1H,(H,16,19)(H,17,18).